The van der Waals surface area contributed by atoms with E-state index < -0.39 is 6.04 Å². The molecular formula is C28H37N3O3. The first-order chi connectivity index (χ1) is 16.2. The van der Waals surface area contributed by atoms with E-state index in [2.05, 4.69) is 24.5 Å². The molecule has 34 heavy (non-hydrogen) atoms. The van der Waals surface area contributed by atoms with Crippen molar-refractivity contribution in [2.75, 3.05) is 13.1 Å². The predicted molar refractivity (Wildman–Crippen MR) is 135 cm³/mol. The highest BCUT2D eigenvalue weighted by atomic mass is 16.2. The van der Waals surface area contributed by atoms with Crippen LogP contribution in [0.4, 0.5) is 0 Å². The molecule has 0 bridgehead atoms. The molecule has 182 valence electrons. The van der Waals surface area contributed by atoms with Gasteiger partial charge >= 0.3 is 0 Å². The van der Waals surface area contributed by atoms with Gasteiger partial charge in [0, 0.05) is 30.3 Å². The van der Waals surface area contributed by atoms with Crippen molar-refractivity contribution in [2.24, 2.45) is 11.8 Å². The average Bonchev–Trinajstić information content (AvgIpc) is 2.82. The molecular weight excluding hydrogens is 426 g/mol. The van der Waals surface area contributed by atoms with E-state index in [9.17, 15) is 14.4 Å². The number of piperidine rings is 1. The third kappa shape index (κ3) is 6.04. The van der Waals surface area contributed by atoms with Crippen molar-refractivity contribution < 1.29 is 14.4 Å². The van der Waals surface area contributed by atoms with Gasteiger partial charge in [-0.25, -0.2) is 0 Å². The summed E-state index contributed by atoms with van der Waals surface area (Å²) in [6.07, 6.45) is 1.31. The van der Waals surface area contributed by atoms with E-state index in [4.69, 9.17) is 0 Å². The minimum atomic E-state index is -0.649. The summed E-state index contributed by atoms with van der Waals surface area (Å²) in [5.41, 5.74) is 3.12. The maximum absolute atomic E-state index is 13.3. The molecule has 6 heteroatoms. The molecule has 2 N–H and O–H groups in total. The zero-order valence-corrected chi connectivity index (χ0v) is 20.9. The Kier molecular flexibility index (Phi) is 8.48. The standard InChI is InChI=1S/C28H37N3O3/c1-18(2)21(5)29-27(33)25(30-26(32)23-12-8-6-10-19(23)3)22-14-16-31(17-15-22)28(34)24-13-9-7-11-20(24)4/h6-13,18,21-22,25H,14-17H2,1-5H3,(H,29,33)(H,30,32)/t21-,25-/m0/s1. The molecule has 0 unspecified atom stereocenters. The monoisotopic (exact) mass is 463 g/mol. The van der Waals surface area contributed by atoms with Gasteiger partial charge in [-0.05, 0) is 68.7 Å². The topological polar surface area (TPSA) is 78.5 Å². The summed E-state index contributed by atoms with van der Waals surface area (Å²) >= 11 is 0. The number of likely N-dealkylation sites (tertiary alicyclic amines) is 1. The van der Waals surface area contributed by atoms with E-state index in [1.54, 1.807) is 6.07 Å². The predicted octanol–water partition coefficient (Wildman–Crippen LogP) is 4.11. The number of rotatable bonds is 7. The molecule has 0 aliphatic carbocycles. The molecule has 2 atom stereocenters. The summed E-state index contributed by atoms with van der Waals surface area (Å²) in [7, 11) is 0. The highest BCUT2D eigenvalue weighted by Gasteiger charge is 2.35. The van der Waals surface area contributed by atoms with E-state index >= 15 is 0 Å². The van der Waals surface area contributed by atoms with E-state index in [0.29, 0.717) is 37.1 Å². The maximum Gasteiger partial charge on any atom is 0.254 e. The van der Waals surface area contributed by atoms with Gasteiger partial charge < -0.3 is 15.5 Å². The summed E-state index contributed by atoms with van der Waals surface area (Å²) in [6.45, 7) is 11.0. The number of aryl methyl sites for hydroxylation is 2. The lowest BCUT2D eigenvalue weighted by atomic mass is 9.87. The smallest absolute Gasteiger partial charge is 0.254 e. The average molecular weight is 464 g/mol. The Bertz CT molecular complexity index is 1030. The fraction of sp³-hybridized carbons (Fsp3) is 0.464. The van der Waals surface area contributed by atoms with Gasteiger partial charge in [-0.15, -0.1) is 0 Å². The molecule has 1 heterocycles. The van der Waals surface area contributed by atoms with Crippen LogP contribution >= 0.6 is 0 Å². The van der Waals surface area contributed by atoms with Crippen LogP contribution in [0.1, 0.15) is 65.5 Å². The number of carbonyl (C=O) groups is 3. The summed E-state index contributed by atoms with van der Waals surface area (Å²) in [4.78, 5) is 41.2. The molecule has 1 aliphatic rings. The van der Waals surface area contributed by atoms with Gasteiger partial charge in [0.2, 0.25) is 5.91 Å². The molecule has 3 rings (SSSR count). The Balaban J connectivity index is 1.74. The van der Waals surface area contributed by atoms with Gasteiger partial charge in [-0.2, -0.15) is 0 Å². The second kappa shape index (κ2) is 11.3. The molecule has 0 spiro atoms. The van der Waals surface area contributed by atoms with Gasteiger partial charge in [-0.3, -0.25) is 14.4 Å². The third-order valence-electron chi connectivity index (χ3n) is 7.00. The molecule has 2 aromatic carbocycles. The first-order valence-corrected chi connectivity index (χ1v) is 12.2. The van der Waals surface area contributed by atoms with Gasteiger partial charge in [0.1, 0.15) is 6.04 Å². The number of nitrogens with zero attached hydrogens (tertiary/aromatic N) is 1. The van der Waals surface area contributed by atoms with Crippen LogP contribution in [-0.4, -0.2) is 47.8 Å². The number of amides is 3. The van der Waals surface area contributed by atoms with E-state index in [1.165, 1.54) is 0 Å². The van der Waals surface area contributed by atoms with Crippen LogP contribution in [0.5, 0.6) is 0 Å². The molecule has 2 aromatic rings. The number of hydrogen-bond donors (Lipinski definition) is 2. The number of nitrogens with one attached hydrogen (secondary N) is 2. The lowest BCUT2D eigenvalue weighted by Gasteiger charge is -2.36. The van der Waals surface area contributed by atoms with Gasteiger partial charge in [-0.1, -0.05) is 50.2 Å². The Hall–Kier alpha value is -3.15. The summed E-state index contributed by atoms with van der Waals surface area (Å²) in [5.74, 6) is -0.144. The zero-order chi connectivity index (χ0) is 24.8. The Labute approximate surface area is 203 Å². The normalized spacial score (nSPS) is 16.1. The van der Waals surface area contributed by atoms with Crippen LogP contribution in [0.25, 0.3) is 0 Å². The highest BCUT2D eigenvalue weighted by Crippen LogP contribution is 2.24. The lowest BCUT2D eigenvalue weighted by molar-refractivity contribution is -0.125. The van der Waals surface area contributed by atoms with E-state index in [0.717, 1.165) is 11.1 Å². The van der Waals surface area contributed by atoms with Crippen LogP contribution in [0.3, 0.4) is 0 Å². The summed E-state index contributed by atoms with van der Waals surface area (Å²) < 4.78 is 0. The molecule has 3 amide bonds. The van der Waals surface area contributed by atoms with Crippen LogP contribution in [0.15, 0.2) is 48.5 Å². The molecule has 0 radical (unpaired) electrons. The first kappa shape index (κ1) is 25.5. The second-order valence-electron chi connectivity index (χ2n) is 9.75. The Morgan fingerprint density at radius 2 is 1.35 bits per heavy atom. The van der Waals surface area contributed by atoms with Crippen LogP contribution in [-0.2, 0) is 4.79 Å². The summed E-state index contributed by atoms with van der Waals surface area (Å²) in [5, 5.41) is 6.10. The zero-order valence-electron chi connectivity index (χ0n) is 20.9. The Morgan fingerprint density at radius 3 is 1.88 bits per heavy atom. The van der Waals surface area contributed by atoms with Crippen LogP contribution in [0.2, 0.25) is 0 Å². The van der Waals surface area contributed by atoms with Crippen molar-refractivity contribution in [3.8, 4) is 0 Å². The Morgan fingerprint density at radius 1 is 0.824 bits per heavy atom. The number of hydrogen-bond acceptors (Lipinski definition) is 3. The van der Waals surface area contributed by atoms with Crippen molar-refractivity contribution in [3.05, 3.63) is 70.8 Å². The SMILES string of the molecule is Cc1ccccc1C(=O)N[C@H](C(=O)N[C@@H](C)C(C)C)C1CCN(C(=O)c2ccccc2C)CC1. The fourth-order valence-electron chi connectivity index (χ4n) is 4.34. The lowest BCUT2D eigenvalue weighted by Crippen LogP contribution is -2.55. The molecule has 6 nitrogen and oxygen atoms in total. The van der Waals surface area contributed by atoms with Crippen LogP contribution < -0.4 is 10.6 Å². The molecule has 1 fully saturated rings. The minimum Gasteiger partial charge on any atom is -0.352 e. The maximum atomic E-state index is 13.3. The minimum absolute atomic E-state index is 0.00640. The highest BCUT2D eigenvalue weighted by molar-refractivity contribution is 5.99. The first-order valence-electron chi connectivity index (χ1n) is 12.2. The largest absolute Gasteiger partial charge is 0.352 e. The van der Waals surface area contributed by atoms with Crippen molar-refractivity contribution in [1.29, 1.82) is 0 Å². The number of carbonyl (C=O) groups excluding carboxylic acids is 3. The molecule has 0 saturated carbocycles. The molecule has 1 saturated heterocycles. The van der Waals surface area contributed by atoms with Crippen LogP contribution in [0, 0.1) is 25.7 Å². The quantitative estimate of drug-likeness (QED) is 0.649. The number of benzene rings is 2. The molecule has 1 aliphatic heterocycles. The van der Waals surface area contributed by atoms with Crippen molar-refractivity contribution >= 4 is 17.7 Å². The van der Waals surface area contributed by atoms with E-state index in [1.807, 2.05) is 68.1 Å². The second-order valence-corrected chi connectivity index (χ2v) is 9.75. The third-order valence-corrected chi connectivity index (χ3v) is 7.00. The van der Waals surface area contributed by atoms with Crippen molar-refractivity contribution in [3.63, 3.8) is 0 Å². The fourth-order valence-corrected chi connectivity index (χ4v) is 4.34. The van der Waals surface area contributed by atoms with Gasteiger partial charge in [0.05, 0.1) is 0 Å². The van der Waals surface area contributed by atoms with Gasteiger partial charge in [0.15, 0.2) is 0 Å². The summed E-state index contributed by atoms with van der Waals surface area (Å²) in [6, 6.07) is 14.3. The van der Waals surface area contributed by atoms with Crippen molar-refractivity contribution in [2.45, 2.75) is 59.5 Å². The van der Waals surface area contributed by atoms with Crippen molar-refractivity contribution in [1.82, 2.24) is 15.5 Å². The van der Waals surface area contributed by atoms with Gasteiger partial charge in [0.25, 0.3) is 11.8 Å². The molecule has 0 aromatic heterocycles. The van der Waals surface area contributed by atoms with E-state index in [-0.39, 0.29) is 35.6 Å².